The third-order valence-corrected chi connectivity index (χ3v) is 2.14. The van der Waals surface area contributed by atoms with Crippen molar-refractivity contribution in [3.05, 3.63) is 36.0 Å². The number of fused-ring (bicyclic) bond motifs is 1. The first kappa shape index (κ1) is 12.0. The molecule has 1 aromatic carbocycles. The Morgan fingerprint density at radius 1 is 1.20 bits per heavy atom. The van der Waals surface area contributed by atoms with Gasteiger partial charge in [-0.15, -0.1) is 12.4 Å². The molecule has 1 heterocycles. The molecule has 0 bridgehead atoms. The minimum atomic E-state index is -1.42. The van der Waals surface area contributed by atoms with E-state index in [4.69, 9.17) is 10.0 Å². The Labute approximate surface area is 94.3 Å². The van der Waals surface area contributed by atoms with Crippen molar-refractivity contribution in [3.63, 3.8) is 0 Å². The number of hydrogen-bond donors (Lipinski definition) is 2. The van der Waals surface area contributed by atoms with Crippen molar-refractivity contribution >= 4 is 35.9 Å². The normalized spacial score (nSPS) is 9.80. The van der Waals surface area contributed by atoms with Crippen molar-refractivity contribution in [1.29, 1.82) is 0 Å². The molecule has 1 aromatic heterocycles. The monoisotopic (exact) mass is 223 g/mol. The van der Waals surface area contributed by atoms with Gasteiger partial charge in [-0.05, 0) is 30.1 Å². The molecule has 15 heavy (non-hydrogen) atoms. The zero-order chi connectivity index (χ0) is 10.1. The van der Waals surface area contributed by atoms with Crippen LogP contribution in [0.3, 0.4) is 0 Å². The van der Waals surface area contributed by atoms with Crippen LogP contribution in [0.1, 0.15) is 5.56 Å². The summed E-state index contributed by atoms with van der Waals surface area (Å²) in [5, 5.41) is 18.9. The first-order valence-corrected chi connectivity index (χ1v) is 4.39. The number of pyridine rings is 1. The second-order valence-electron chi connectivity index (χ2n) is 3.34. The van der Waals surface area contributed by atoms with E-state index in [0.29, 0.717) is 5.46 Å². The maximum Gasteiger partial charge on any atom is 0.488 e. The molecule has 2 rings (SSSR count). The standard InChI is InChI=1S/C10H10BNO2.ClH/c1-7-4-8-5-9(11(13)14)2-3-10(8)12-6-7;/h2-6,13-14H,1H3;1H. The molecule has 5 heteroatoms. The summed E-state index contributed by atoms with van der Waals surface area (Å²) < 4.78 is 0. The Morgan fingerprint density at radius 2 is 1.93 bits per heavy atom. The molecule has 0 aliphatic rings. The lowest BCUT2D eigenvalue weighted by molar-refractivity contribution is 0.426. The molecule has 2 aromatic rings. The van der Waals surface area contributed by atoms with E-state index in [1.807, 2.05) is 13.0 Å². The molecular weight excluding hydrogens is 212 g/mol. The third kappa shape index (κ3) is 2.47. The van der Waals surface area contributed by atoms with E-state index in [1.54, 1.807) is 24.4 Å². The van der Waals surface area contributed by atoms with E-state index in [1.165, 1.54) is 0 Å². The number of benzene rings is 1. The Morgan fingerprint density at radius 3 is 2.60 bits per heavy atom. The lowest BCUT2D eigenvalue weighted by Crippen LogP contribution is -2.29. The SMILES string of the molecule is Cc1cnc2ccc(B(O)O)cc2c1.Cl. The molecule has 0 unspecified atom stereocenters. The molecule has 0 aliphatic carbocycles. The minimum absolute atomic E-state index is 0. The number of aryl methyl sites for hydroxylation is 1. The number of hydrogen-bond acceptors (Lipinski definition) is 3. The third-order valence-electron chi connectivity index (χ3n) is 2.14. The highest BCUT2D eigenvalue weighted by molar-refractivity contribution is 6.58. The summed E-state index contributed by atoms with van der Waals surface area (Å²) in [7, 11) is -1.42. The smallest absolute Gasteiger partial charge is 0.423 e. The fraction of sp³-hybridized carbons (Fsp3) is 0.100. The van der Waals surface area contributed by atoms with Gasteiger partial charge in [0.2, 0.25) is 0 Å². The number of aromatic nitrogens is 1. The van der Waals surface area contributed by atoms with Crippen LogP contribution in [-0.2, 0) is 0 Å². The van der Waals surface area contributed by atoms with Crippen LogP contribution < -0.4 is 5.46 Å². The van der Waals surface area contributed by atoms with E-state index in [-0.39, 0.29) is 12.4 Å². The Kier molecular flexibility index (Phi) is 3.69. The van der Waals surface area contributed by atoms with E-state index in [0.717, 1.165) is 16.5 Å². The van der Waals surface area contributed by atoms with E-state index < -0.39 is 7.12 Å². The van der Waals surface area contributed by atoms with Crippen molar-refractivity contribution in [2.24, 2.45) is 0 Å². The van der Waals surface area contributed by atoms with Crippen molar-refractivity contribution in [3.8, 4) is 0 Å². The maximum atomic E-state index is 8.99. The van der Waals surface area contributed by atoms with Gasteiger partial charge in [0.05, 0.1) is 5.52 Å². The van der Waals surface area contributed by atoms with Crippen LogP contribution in [0.4, 0.5) is 0 Å². The van der Waals surface area contributed by atoms with Gasteiger partial charge >= 0.3 is 7.12 Å². The zero-order valence-corrected chi connectivity index (χ0v) is 9.03. The quantitative estimate of drug-likeness (QED) is 0.698. The maximum absolute atomic E-state index is 8.99. The molecule has 0 atom stereocenters. The summed E-state index contributed by atoms with van der Waals surface area (Å²) >= 11 is 0. The first-order chi connectivity index (χ1) is 6.66. The topological polar surface area (TPSA) is 53.4 Å². The lowest BCUT2D eigenvalue weighted by Gasteiger charge is -2.02. The second kappa shape index (κ2) is 4.62. The van der Waals surface area contributed by atoms with Crippen molar-refractivity contribution in [2.75, 3.05) is 0 Å². The number of rotatable bonds is 1. The summed E-state index contributed by atoms with van der Waals surface area (Å²) in [4.78, 5) is 4.22. The van der Waals surface area contributed by atoms with E-state index in [9.17, 15) is 0 Å². The van der Waals surface area contributed by atoms with Gasteiger partial charge in [-0.1, -0.05) is 12.1 Å². The lowest BCUT2D eigenvalue weighted by atomic mass is 9.80. The molecule has 0 saturated heterocycles. The Balaban J connectivity index is 0.00000112. The summed E-state index contributed by atoms with van der Waals surface area (Å²) in [6, 6.07) is 7.15. The molecule has 0 fully saturated rings. The molecule has 0 amide bonds. The van der Waals surface area contributed by atoms with Crippen molar-refractivity contribution < 1.29 is 10.0 Å². The summed E-state index contributed by atoms with van der Waals surface area (Å²) in [6.07, 6.45) is 1.79. The van der Waals surface area contributed by atoms with Gasteiger partial charge in [-0.25, -0.2) is 0 Å². The van der Waals surface area contributed by atoms with E-state index >= 15 is 0 Å². The zero-order valence-electron chi connectivity index (χ0n) is 8.21. The van der Waals surface area contributed by atoms with Crippen LogP contribution in [-0.4, -0.2) is 22.2 Å². The molecule has 3 nitrogen and oxygen atoms in total. The first-order valence-electron chi connectivity index (χ1n) is 4.39. The average Bonchev–Trinajstić information content (AvgIpc) is 2.16. The van der Waals surface area contributed by atoms with Crippen LogP contribution in [0.15, 0.2) is 30.5 Å². The van der Waals surface area contributed by atoms with Gasteiger partial charge < -0.3 is 10.0 Å². The van der Waals surface area contributed by atoms with Crippen molar-refractivity contribution in [2.45, 2.75) is 6.92 Å². The average molecular weight is 223 g/mol. The number of halogens is 1. The van der Waals surface area contributed by atoms with Gasteiger partial charge in [0.1, 0.15) is 0 Å². The second-order valence-corrected chi connectivity index (χ2v) is 3.34. The molecule has 78 valence electrons. The van der Waals surface area contributed by atoms with Gasteiger partial charge in [-0.2, -0.15) is 0 Å². The Hall–Kier alpha value is -1.10. The summed E-state index contributed by atoms with van der Waals surface area (Å²) in [5.74, 6) is 0. The summed E-state index contributed by atoms with van der Waals surface area (Å²) in [6.45, 7) is 1.95. The molecule has 0 aliphatic heterocycles. The largest absolute Gasteiger partial charge is 0.488 e. The summed E-state index contributed by atoms with van der Waals surface area (Å²) in [5.41, 5.74) is 2.41. The van der Waals surface area contributed by atoms with E-state index in [2.05, 4.69) is 4.98 Å². The van der Waals surface area contributed by atoms with Crippen LogP contribution in [0.2, 0.25) is 0 Å². The number of nitrogens with zero attached hydrogens (tertiary/aromatic N) is 1. The van der Waals surface area contributed by atoms with Gasteiger partial charge in [0.15, 0.2) is 0 Å². The molecule has 0 spiro atoms. The van der Waals surface area contributed by atoms with Gasteiger partial charge in [0.25, 0.3) is 0 Å². The molecule has 0 radical (unpaired) electrons. The Bertz CT molecular complexity index is 476. The predicted molar refractivity (Wildman–Crippen MR) is 63.6 cm³/mol. The van der Waals surface area contributed by atoms with Crippen molar-refractivity contribution in [1.82, 2.24) is 4.98 Å². The highest BCUT2D eigenvalue weighted by atomic mass is 35.5. The van der Waals surface area contributed by atoms with Gasteiger partial charge in [0, 0.05) is 11.6 Å². The highest BCUT2D eigenvalue weighted by Crippen LogP contribution is 2.10. The van der Waals surface area contributed by atoms with Crippen LogP contribution in [0.5, 0.6) is 0 Å². The fourth-order valence-corrected chi connectivity index (χ4v) is 1.42. The minimum Gasteiger partial charge on any atom is -0.423 e. The highest BCUT2D eigenvalue weighted by Gasteiger charge is 2.10. The van der Waals surface area contributed by atoms with Crippen LogP contribution >= 0.6 is 12.4 Å². The van der Waals surface area contributed by atoms with Gasteiger partial charge in [-0.3, -0.25) is 4.98 Å². The molecule has 0 saturated carbocycles. The molecular formula is C10H11BClNO2. The van der Waals surface area contributed by atoms with Crippen LogP contribution in [0, 0.1) is 6.92 Å². The molecule has 2 N–H and O–H groups in total. The predicted octanol–water partition coefficient (Wildman–Crippen LogP) is 0.645. The van der Waals surface area contributed by atoms with Crippen LogP contribution in [0.25, 0.3) is 10.9 Å². The fourth-order valence-electron chi connectivity index (χ4n) is 1.42.